The third kappa shape index (κ3) is 4.55. The second-order valence-corrected chi connectivity index (χ2v) is 5.70. The lowest BCUT2D eigenvalue weighted by Crippen LogP contribution is -2.41. The number of nitrogens with zero attached hydrogens (tertiary/aromatic N) is 1. The van der Waals surface area contributed by atoms with Crippen LogP contribution in [0.15, 0.2) is 17.5 Å². The fourth-order valence-electron chi connectivity index (χ4n) is 1.86. The molecule has 2 N–H and O–H groups in total. The Bertz CT molecular complexity index is 429. The second-order valence-electron chi connectivity index (χ2n) is 4.67. The molecule has 1 heterocycles. The van der Waals surface area contributed by atoms with Crippen molar-refractivity contribution in [3.8, 4) is 0 Å². The molecule has 2 amide bonds. The van der Waals surface area contributed by atoms with Crippen LogP contribution >= 0.6 is 11.3 Å². The van der Waals surface area contributed by atoms with E-state index in [0.717, 1.165) is 12.8 Å². The highest BCUT2D eigenvalue weighted by Crippen LogP contribution is 2.29. The monoisotopic (exact) mass is 282 g/mol. The Morgan fingerprint density at radius 3 is 2.84 bits per heavy atom. The number of amides is 2. The molecule has 5 nitrogen and oxygen atoms in total. The Morgan fingerprint density at radius 2 is 2.26 bits per heavy atom. The minimum Gasteiger partial charge on any atom is -0.481 e. The summed E-state index contributed by atoms with van der Waals surface area (Å²) in [5.74, 6) is -0.827. The van der Waals surface area contributed by atoms with Gasteiger partial charge in [0.15, 0.2) is 0 Å². The topological polar surface area (TPSA) is 69.6 Å². The number of aliphatic carboxylic acids is 1. The van der Waals surface area contributed by atoms with Crippen molar-refractivity contribution in [3.63, 3.8) is 0 Å². The van der Waals surface area contributed by atoms with Gasteiger partial charge < -0.3 is 15.3 Å². The number of hydrogen-bond donors (Lipinski definition) is 2. The van der Waals surface area contributed by atoms with Gasteiger partial charge in [0.2, 0.25) is 0 Å². The molecule has 6 heteroatoms. The molecule has 0 aliphatic heterocycles. The van der Waals surface area contributed by atoms with Crippen LogP contribution in [0.5, 0.6) is 0 Å². The Labute approximate surface area is 116 Å². The highest BCUT2D eigenvalue weighted by molar-refractivity contribution is 7.09. The quantitative estimate of drug-likeness (QED) is 0.754. The predicted octanol–water partition coefficient (Wildman–Crippen LogP) is 2.29. The van der Waals surface area contributed by atoms with Gasteiger partial charge in [-0.05, 0) is 30.7 Å². The average Bonchev–Trinajstić information content (AvgIpc) is 3.08. The van der Waals surface area contributed by atoms with E-state index in [9.17, 15) is 9.59 Å². The van der Waals surface area contributed by atoms with Crippen LogP contribution in [0.3, 0.4) is 0 Å². The maximum Gasteiger partial charge on any atom is 0.317 e. The molecule has 0 spiro atoms. The number of rotatable bonds is 7. The molecular formula is C13H18N2O3S. The van der Waals surface area contributed by atoms with Gasteiger partial charge in [0, 0.05) is 23.9 Å². The van der Waals surface area contributed by atoms with E-state index in [1.54, 1.807) is 11.3 Å². The number of thiophene rings is 1. The van der Waals surface area contributed by atoms with Gasteiger partial charge in [0.05, 0.1) is 6.54 Å². The summed E-state index contributed by atoms with van der Waals surface area (Å²) in [6.07, 6.45) is 2.69. The summed E-state index contributed by atoms with van der Waals surface area (Å²) in [6, 6.07) is 4.27. The molecule has 2 rings (SSSR count). The molecule has 1 saturated carbocycles. The Hall–Kier alpha value is -1.56. The van der Waals surface area contributed by atoms with Crippen molar-refractivity contribution in [3.05, 3.63) is 22.4 Å². The number of nitrogens with one attached hydrogen (secondary N) is 1. The van der Waals surface area contributed by atoms with Crippen molar-refractivity contribution >= 4 is 23.3 Å². The molecule has 0 radical (unpaired) electrons. The molecule has 1 aliphatic rings. The van der Waals surface area contributed by atoms with Gasteiger partial charge in [-0.1, -0.05) is 6.07 Å². The molecule has 104 valence electrons. The number of hydrogen-bond acceptors (Lipinski definition) is 3. The van der Waals surface area contributed by atoms with Gasteiger partial charge in [-0.2, -0.15) is 0 Å². The largest absolute Gasteiger partial charge is 0.481 e. The first-order valence-corrected chi connectivity index (χ1v) is 7.33. The predicted molar refractivity (Wildman–Crippen MR) is 73.2 cm³/mol. The fourth-order valence-corrected chi connectivity index (χ4v) is 2.56. The van der Waals surface area contributed by atoms with Crippen LogP contribution < -0.4 is 5.32 Å². The zero-order chi connectivity index (χ0) is 13.7. The molecule has 1 aromatic rings. The number of carbonyl (C=O) groups excluding carboxylic acids is 1. The van der Waals surface area contributed by atoms with Crippen LogP contribution in [-0.2, 0) is 11.3 Å². The van der Waals surface area contributed by atoms with Crippen LogP contribution in [0.25, 0.3) is 0 Å². The second kappa shape index (κ2) is 6.56. The summed E-state index contributed by atoms with van der Waals surface area (Å²) in [5.41, 5.74) is 0. The molecule has 1 aliphatic carbocycles. The van der Waals surface area contributed by atoms with Crippen molar-refractivity contribution < 1.29 is 14.7 Å². The highest BCUT2D eigenvalue weighted by atomic mass is 32.1. The number of urea groups is 1. The van der Waals surface area contributed by atoms with Crippen molar-refractivity contribution in [1.82, 2.24) is 10.2 Å². The highest BCUT2D eigenvalue weighted by Gasteiger charge is 2.32. The van der Waals surface area contributed by atoms with E-state index >= 15 is 0 Å². The van der Waals surface area contributed by atoms with Gasteiger partial charge in [0.1, 0.15) is 0 Å². The van der Waals surface area contributed by atoms with Crippen LogP contribution in [0.2, 0.25) is 0 Å². The van der Waals surface area contributed by atoms with Gasteiger partial charge >= 0.3 is 12.0 Å². The van der Waals surface area contributed by atoms with Crippen molar-refractivity contribution in [2.45, 2.75) is 38.3 Å². The molecular weight excluding hydrogens is 264 g/mol. The minimum atomic E-state index is -0.827. The van der Waals surface area contributed by atoms with Crippen molar-refractivity contribution in [1.29, 1.82) is 0 Å². The Balaban J connectivity index is 1.78. The van der Waals surface area contributed by atoms with Crippen LogP contribution in [0, 0.1) is 0 Å². The number of carboxylic acid groups (broad SMARTS) is 1. The van der Waals surface area contributed by atoms with Crippen molar-refractivity contribution in [2.24, 2.45) is 0 Å². The molecule has 1 fully saturated rings. The van der Waals surface area contributed by atoms with Crippen LogP contribution in [0.1, 0.15) is 30.6 Å². The first-order valence-electron chi connectivity index (χ1n) is 6.45. The van der Waals surface area contributed by atoms with E-state index in [2.05, 4.69) is 5.32 Å². The fraction of sp³-hybridized carbons (Fsp3) is 0.538. The molecule has 0 atom stereocenters. The minimum absolute atomic E-state index is 0.0821. The first kappa shape index (κ1) is 13.9. The van der Waals surface area contributed by atoms with E-state index in [4.69, 9.17) is 5.11 Å². The number of carboxylic acids is 1. The molecule has 0 saturated heterocycles. The lowest BCUT2D eigenvalue weighted by atomic mass is 10.3. The zero-order valence-corrected chi connectivity index (χ0v) is 11.5. The van der Waals surface area contributed by atoms with Gasteiger partial charge in [-0.15, -0.1) is 11.3 Å². The van der Waals surface area contributed by atoms with E-state index in [-0.39, 0.29) is 12.5 Å². The molecule has 0 unspecified atom stereocenters. The third-order valence-electron chi connectivity index (χ3n) is 3.00. The molecule has 1 aromatic heterocycles. The smallest absolute Gasteiger partial charge is 0.317 e. The van der Waals surface area contributed by atoms with E-state index < -0.39 is 5.97 Å². The third-order valence-corrected chi connectivity index (χ3v) is 3.86. The Morgan fingerprint density at radius 1 is 1.47 bits per heavy atom. The summed E-state index contributed by atoms with van der Waals surface area (Å²) in [6.45, 7) is 1.06. The molecule has 0 aromatic carbocycles. The maximum atomic E-state index is 12.1. The van der Waals surface area contributed by atoms with Gasteiger partial charge in [0.25, 0.3) is 0 Å². The summed E-state index contributed by atoms with van der Waals surface area (Å²) in [4.78, 5) is 25.5. The lowest BCUT2D eigenvalue weighted by molar-refractivity contribution is -0.137. The lowest BCUT2D eigenvalue weighted by Gasteiger charge is -2.22. The first-order chi connectivity index (χ1) is 9.16. The molecule has 19 heavy (non-hydrogen) atoms. The van der Waals surface area contributed by atoms with Crippen LogP contribution in [-0.4, -0.2) is 34.6 Å². The number of carbonyl (C=O) groups is 2. The summed E-state index contributed by atoms with van der Waals surface area (Å²) < 4.78 is 0. The normalized spacial score (nSPS) is 14.1. The summed E-state index contributed by atoms with van der Waals surface area (Å²) in [5, 5.41) is 13.3. The summed E-state index contributed by atoms with van der Waals surface area (Å²) in [7, 11) is 0. The summed E-state index contributed by atoms with van der Waals surface area (Å²) >= 11 is 1.65. The van der Waals surface area contributed by atoms with Gasteiger partial charge in [-0.3, -0.25) is 4.79 Å². The van der Waals surface area contributed by atoms with E-state index in [1.165, 1.54) is 4.88 Å². The average molecular weight is 282 g/mol. The Kier molecular flexibility index (Phi) is 4.79. The van der Waals surface area contributed by atoms with Crippen molar-refractivity contribution in [2.75, 3.05) is 6.54 Å². The van der Waals surface area contributed by atoms with E-state index in [0.29, 0.717) is 25.6 Å². The van der Waals surface area contributed by atoms with Gasteiger partial charge in [-0.25, -0.2) is 4.79 Å². The molecule has 0 bridgehead atoms. The SMILES string of the molecule is O=C(O)CCCNC(=O)N(Cc1cccs1)C1CC1. The van der Waals surface area contributed by atoms with E-state index in [1.807, 2.05) is 22.4 Å². The zero-order valence-electron chi connectivity index (χ0n) is 10.7. The standard InChI is InChI=1S/C13H18N2O3S/c16-12(17)4-1-7-14-13(18)15(10-5-6-10)9-11-3-2-8-19-11/h2-3,8,10H,1,4-7,9H2,(H,14,18)(H,16,17). The van der Waals surface area contributed by atoms with Crippen LogP contribution in [0.4, 0.5) is 4.79 Å². The maximum absolute atomic E-state index is 12.1.